The molecule has 10 heteroatoms. The van der Waals surface area contributed by atoms with E-state index in [9.17, 15) is 4.79 Å². The predicted molar refractivity (Wildman–Crippen MR) is 119 cm³/mol. The Morgan fingerprint density at radius 3 is 2.60 bits per heavy atom. The summed E-state index contributed by atoms with van der Waals surface area (Å²) in [5.41, 5.74) is 1.97. The standard InChI is InChI=1S/C20H15Cl2N5O2S/c1-29-16-7-6-14(22)10-15(16)23-18(28)11-30-19-9-8-17-24-25-20(27(17)26-19)12-2-4-13(21)5-3-12/h2-10H,11H2,1H3,(H,23,28). The predicted octanol–water partition coefficient (Wildman–Crippen LogP) is 4.84. The molecule has 2 aromatic carbocycles. The molecule has 0 bridgehead atoms. The molecular weight excluding hydrogens is 445 g/mol. The molecule has 0 fully saturated rings. The van der Waals surface area contributed by atoms with Crippen LogP contribution in [-0.4, -0.2) is 38.6 Å². The number of thioether (sulfide) groups is 1. The first-order chi connectivity index (χ1) is 14.5. The number of hydrogen-bond donors (Lipinski definition) is 1. The molecule has 0 saturated heterocycles. The lowest BCUT2D eigenvalue weighted by molar-refractivity contribution is -0.113. The van der Waals surface area contributed by atoms with Crippen molar-refractivity contribution in [2.75, 3.05) is 18.2 Å². The molecule has 0 unspecified atom stereocenters. The molecular formula is C20H15Cl2N5O2S. The summed E-state index contributed by atoms with van der Waals surface area (Å²) < 4.78 is 6.89. The zero-order chi connectivity index (χ0) is 21.1. The van der Waals surface area contributed by atoms with Crippen LogP contribution in [0.2, 0.25) is 10.0 Å². The Bertz CT molecular complexity index is 1210. The lowest BCUT2D eigenvalue weighted by Crippen LogP contribution is -2.15. The minimum absolute atomic E-state index is 0.159. The van der Waals surface area contributed by atoms with Crippen molar-refractivity contribution in [3.05, 3.63) is 64.6 Å². The van der Waals surface area contributed by atoms with Crippen LogP contribution in [0.5, 0.6) is 5.75 Å². The molecule has 4 rings (SSSR count). The minimum Gasteiger partial charge on any atom is -0.495 e. The summed E-state index contributed by atoms with van der Waals surface area (Å²) in [7, 11) is 1.53. The van der Waals surface area contributed by atoms with Gasteiger partial charge in [0.05, 0.1) is 18.6 Å². The van der Waals surface area contributed by atoms with E-state index in [2.05, 4.69) is 20.6 Å². The molecule has 2 aromatic heterocycles. The number of ether oxygens (including phenoxy) is 1. The van der Waals surface area contributed by atoms with Gasteiger partial charge in [-0.3, -0.25) is 4.79 Å². The van der Waals surface area contributed by atoms with Gasteiger partial charge < -0.3 is 10.1 Å². The van der Waals surface area contributed by atoms with Crippen molar-refractivity contribution >= 4 is 52.2 Å². The number of carbonyl (C=O) groups excluding carboxylic acids is 1. The van der Waals surface area contributed by atoms with Gasteiger partial charge in [0, 0.05) is 15.6 Å². The maximum Gasteiger partial charge on any atom is 0.234 e. The van der Waals surface area contributed by atoms with E-state index in [1.807, 2.05) is 12.1 Å². The quantitative estimate of drug-likeness (QED) is 0.415. The highest BCUT2D eigenvalue weighted by Crippen LogP contribution is 2.28. The number of nitrogens with zero attached hydrogens (tertiary/aromatic N) is 4. The molecule has 0 aliphatic rings. The van der Waals surface area contributed by atoms with Crippen molar-refractivity contribution in [2.24, 2.45) is 0 Å². The molecule has 1 amide bonds. The first kappa shape index (κ1) is 20.5. The highest BCUT2D eigenvalue weighted by Gasteiger charge is 2.12. The SMILES string of the molecule is COc1ccc(Cl)cc1NC(=O)CSc1ccc2nnc(-c3ccc(Cl)cc3)n2n1. The number of hydrogen-bond acceptors (Lipinski definition) is 6. The highest BCUT2D eigenvalue weighted by molar-refractivity contribution is 7.99. The van der Waals surface area contributed by atoms with E-state index < -0.39 is 0 Å². The molecule has 0 atom stereocenters. The fourth-order valence-corrected chi connectivity index (χ4v) is 3.68. The van der Waals surface area contributed by atoms with Gasteiger partial charge in [0.15, 0.2) is 11.5 Å². The van der Waals surface area contributed by atoms with Crippen molar-refractivity contribution in [1.29, 1.82) is 0 Å². The van der Waals surface area contributed by atoms with Crippen LogP contribution in [0.1, 0.15) is 0 Å². The van der Waals surface area contributed by atoms with Crippen LogP contribution in [0.25, 0.3) is 17.0 Å². The van der Waals surface area contributed by atoms with Crippen LogP contribution in [0.3, 0.4) is 0 Å². The zero-order valence-electron chi connectivity index (χ0n) is 15.7. The second-order valence-corrected chi connectivity index (χ2v) is 8.02. The Morgan fingerprint density at radius 2 is 1.83 bits per heavy atom. The third-order valence-corrected chi connectivity index (χ3v) is 5.53. The summed E-state index contributed by atoms with van der Waals surface area (Å²) >= 11 is 13.3. The summed E-state index contributed by atoms with van der Waals surface area (Å²) in [6.45, 7) is 0. The smallest absolute Gasteiger partial charge is 0.234 e. The molecule has 0 aliphatic carbocycles. The minimum atomic E-state index is -0.204. The number of anilines is 1. The second kappa shape index (κ2) is 8.91. The van der Waals surface area contributed by atoms with Gasteiger partial charge in [-0.05, 0) is 54.6 Å². The first-order valence-electron chi connectivity index (χ1n) is 8.78. The molecule has 0 aliphatic heterocycles. The van der Waals surface area contributed by atoms with Gasteiger partial charge in [-0.15, -0.1) is 10.2 Å². The lowest BCUT2D eigenvalue weighted by atomic mass is 10.2. The average molecular weight is 460 g/mol. The Labute approximate surface area is 186 Å². The van der Waals surface area contributed by atoms with Crippen LogP contribution in [0.4, 0.5) is 5.69 Å². The Balaban J connectivity index is 1.49. The summed E-state index contributed by atoms with van der Waals surface area (Å²) in [6.07, 6.45) is 0. The van der Waals surface area contributed by atoms with Crippen LogP contribution in [0.15, 0.2) is 59.6 Å². The van der Waals surface area contributed by atoms with E-state index in [0.717, 1.165) is 5.56 Å². The van der Waals surface area contributed by atoms with Crippen molar-refractivity contribution in [3.8, 4) is 17.1 Å². The van der Waals surface area contributed by atoms with Crippen LogP contribution in [-0.2, 0) is 4.79 Å². The molecule has 2 heterocycles. The van der Waals surface area contributed by atoms with E-state index in [0.29, 0.717) is 38.0 Å². The van der Waals surface area contributed by atoms with E-state index in [-0.39, 0.29) is 11.7 Å². The van der Waals surface area contributed by atoms with Crippen LogP contribution < -0.4 is 10.1 Å². The Kier molecular flexibility index (Phi) is 6.08. The number of methoxy groups -OCH3 is 1. The lowest BCUT2D eigenvalue weighted by Gasteiger charge is -2.10. The topological polar surface area (TPSA) is 81.4 Å². The maximum atomic E-state index is 12.4. The van der Waals surface area contributed by atoms with Gasteiger partial charge in [0.1, 0.15) is 10.8 Å². The van der Waals surface area contributed by atoms with Gasteiger partial charge in [-0.25, -0.2) is 0 Å². The normalized spacial score (nSPS) is 10.9. The third-order valence-electron chi connectivity index (χ3n) is 4.13. The average Bonchev–Trinajstić information content (AvgIpc) is 3.16. The van der Waals surface area contributed by atoms with Crippen LogP contribution >= 0.6 is 35.0 Å². The molecule has 152 valence electrons. The Hall–Kier alpha value is -2.81. The number of fused-ring (bicyclic) bond motifs is 1. The van der Waals surface area contributed by atoms with E-state index >= 15 is 0 Å². The van der Waals surface area contributed by atoms with Gasteiger partial charge in [-0.1, -0.05) is 35.0 Å². The van der Waals surface area contributed by atoms with Crippen molar-refractivity contribution < 1.29 is 9.53 Å². The number of aromatic nitrogens is 4. The van der Waals surface area contributed by atoms with E-state index in [4.69, 9.17) is 27.9 Å². The van der Waals surface area contributed by atoms with Crippen molar-refractivity contribution in [2.45, 2.75) is 5.03 Å². The Morgan fingerprint density at radius 1 is 1.07 bits per heavy atom. The zero-order valence-corrected chi connectivity index (χ0v) is 18.0. The summed E-state index contributed by atoms with van der Waals surface area (Å²) in [4.78, 5) is 12.4. The number of carbonyl (C=O) groups is 1. The first-order valence-corrected chi connectivity index (χ1v) is 10.5. The number of halogens is 2. The molecule has 1 N–H and O–H groups in total. The number of amides is 1. The molecule has 0 saturated carbocycles. The molecule has 0 spiro atoms. The monoisotopic (exact) mass is 459 g/mol. The van der Waals surface area contributed by atoms with E-state index in [1.54, 1.807) is 47.0 Å². The van der Waals surface area contributed by atoms with Crippen molar-refractivity contribution in [1.82, 2.24) is 19.8 Å². The summed E-state index contributed by atoms with van der Waals surface area (Å²) in [5.74, 6) is 1.09. The fraction of sp³-hybridized carbons (Fsp3) is 0.100. The fourth-order valence-electron chi connectivity index (χ4n) is 2.73. The molecule has 7 nitrogen and oxygen atoms in total. The molecule has 0 radical (unpaired) electrons. The highest BCUT2D eigenvalue weighted by atomic mass is 35.5. The van der Waals surface area contributed by atoms with Gasteiger partial charge in [0.25, 0.3) is 0 Å². The summed E-state index contributed by atoms with van der Waals surface area (Å²) in [6, 6.07) is 15.9. The molecule has 30 heavy (non-hydrogen) atoms. The van der Waals surface area contributed by atoms with Gasteiger partial charge in [0.2, 0.25) is 5.91 Å². The van der Waals surface area contributed by atoms with Crippen molar-refractivity contribution in [3.63, 3.8) is 0 Å². The van der Waals surface area contributed by atoms with Gasteiger partial charge in [-0.2, -0.15) is 9.61 Å². The van der Waals surface area contributed by atoms with E-state index in [1.165, 1.54) is 18.9 Å². The largest absolute Gasteiger partial charge is 0.495 e. The van der Waals surface area contributed by atoms with Gasteiger partial charge >= 0.3 is 0 Å². The number of nitrogens with one attached hydrogen (secondary N) is 1. The van der Waals surface area contributed by atoms with Crippen LogP contribution in [0, 0.1) is 0 Å². The third kappa shape index (κ3) is 4.51. The number of benzene rings is 2. The maximum absolute atomic E-state index is 12.4. The molecule has 4 aromatic rings. The number of rotatable bonds is 6. The summed E-state index contributed by atoms with van der Waals surface area (Å²) in [5, 5.41) is 17.5. The second-order valence-electron chi connectivity index (χ2n) is 6.15.